The number of rotatable bonds is 0. The van der Waals surface area contributed by atoms with Gasteiger partial charge in [-0.25, -0.2) is 4.79 Å². The van der Waals surface area contributed by atoms with Crippen molar-refractivity contribution in [1.82, 2.24) is 10.2 Å². The first kappa shape index (κ1) is 14.2. The van der Waals surface area contributed by atoms with Crippen molar-refractivity contribution < 1.29 is 14.3 Å². The normalized spacial score (nSPS) is 29.7. The number of likely N-dealkylation sites (tertiary alicyclic amines) is 1. The monoisotopic (exact) mass is 268 g/mol. The van der Waals surface area contributed by atoms with Gasteiger partial charge >= 0.3 is 6.09 Å². The van der Waals surface area contributed by atoms with E-state index in [4.69, 9.17) is 4.74 Å². The van der Waals surface area contributed by atoms with Crippen LogP contribution in [0.5, 0.6) is 0 Å². The van der Waals surface area contributed by atoms with Gasteiger partial charge in [-0.1, -0.05) is 13.8 Å². The molecule has 0 saturated carbocycles. The number of amides is 2. The van der Waals surface area contributed by atoms with E-state index in [1.165, 1.54) is 0 Å². The first-order valence-corrected chi connectivity index (χ1v) is 6.87. The zero-order valence-corrected chi connectivity index (χ0v) is 12.4. The van der Waals surface area contributed by atoms with Crippen LogP contribution in [0.3, 0.4) is 0 Å². The molecule has 2 aliphatic rings. The smallest absolute Gasteiger partial charge is 0.410 e. The summed E-state index contributed by atoms with van der Waals surface area (Å²) in [6, 6.07) is 0. The van der Waals surface area contributed by atoms with Gasteiger partial charge < -0.3 is 15.0 Å². The van der Waals surface area contributed by atoms with E-state index in [9.17, 15) is 9.59 Å². The molecular weight excluding hydrogens is 244 g/mol. The fourth-order valence-corrected chi connectivity index (χ4v) is 2.99. The zero-order chi connectivity index (χ0) is 14.4. The van der Waals surface area contributed by atoms with E-state index in [1.807, 2.05) is 34.6 Å². The summed E-state index contributed by atoms with van der Waals surface area (Å²) >= 11 is 0. The van der Waals surface area contributed by atoms with Crippen LogP contribution in [0.25, 0.3) is 0 Å². The molecule has 0 spiro atoms. The molecule has 2 aliphatic heterocycles. The van der Waals surface area contributed by atoms with E-state index in [2.05, 4.69) is 5.32 Å². The van der Waals surface area contributed by atoms with Gasteiger partial charge in [-0.05, 0) is 32.6 Å². The highest BCUT2D eigenvalue weighted by molar-refractivity contribution is 5.83. The third-order valence-corrected chi connectivity index (χ3v) is 4.13. The Labute approximate surface area is 114 Å². The van der Waals surface area contributed by atoms with E-state index in [1.54, 1.807) is 4.90 Å². The first-order valence-electron chi connectivity index (χ1n) is 6.87. The predicted octanol–water partition coefficient (Wildman–Crippen LogP) is 1.63. The molecule has 0 aromatic heterocycles. The second-order valence-corrected chi connectivity index (χ2v) is 7.18. The first-order chi connectivity index (χ1) is 8.61. The molecule has 0 radical (unpaired) electrons. The van der Waals surface area contributed by atoms with Gasteiger partial charge in [-0.15, -0.1) is 0 Å². The van der Waals surface area contributed by atoms with Crippen molar-refractivity contribution in [2.45, 2.75) is 40.2 Å². The maximum absolute atomic E-state index is 12.1. The molecule has 108 valence electrons. The Balaban J connectivity index is 2.07. The third kappa shape index (κ3) is 2.69. The van der Waals surface area contributed by atoms with E-state index in [-0.39, 0.29) is 17.9 Å². The van der Waals surface area contributed by atoms with Crippen LogP contribution < -0.4 is 5.32 Å². The summed E-state index contributed by atoms with van der Waals surface area (Å²) in [7, 11) is 0. The van der Waals surface area contributed by atoms with Crippen LogP contribution in [0.2, 0.25) is 0 Å². The van der Waals surface area contributed by atoms with Crippen molar-refractivity contribution >= 4 is 12.0 Å². The number of carbonyl (C=O) groups excluding carboxylic acids is 2. The predicted molar refractivity (Wildman–Crippen MR) is 71.6 cm³/mol. The van der Waals surface area contributed by atoms with Gasteiger partial charge in [0.15, 0.2) is 0 Å². The Hall–Kier alpha value is -1.26. The zero-order valence-electron chi connectivity index (χ0n) is 12.4. The number of hydrogen-bond acceptors (Lipinski definition) is 3. The highest BCUT2D eigenvalue weighted by atomic mass is 16.6. The largest absolute Gasteiger partial charge is 0.444 e. The quantitative estimate of drug-likeness (QED) is 0.726. The van der Waals surface area contributed by atoms with Crippen molar-refractivity contribution in [2.24, 2.45) is 17.3 Å². The summed E-state index contributed by atoms with van der Waals surface area (Å²) in [5, 5.41) is 2.93. The molecule has 5 heteroatoms. The Morgan fingerprint density at radius 2 is 2.00 bits per heavy atom. The SMILES string of the molecule is CC(C)(C)OC(=O)N1C[C@H]2CNC(=O)C(C)(C)[C@H]2C1. The molecule has 2 heterocycles. The van der Waals surface area contributed by atoms with E-state index in [0.29, 0.717) is 25.6 Å². The Bertz CT molecular complexity index is 398. The maximum Gasteiger partial charge on any atom is 0.410 e. The molecule has 2 saturated heterocycles. The third-order valence-electron chi connectivity index (χ3n) is 4.13. The van der Waals surface area contributed by atoms with Gasteiger partial charge in [0.25, 0.3) is 0 Å². The summed E-state index contributed by atoms with van der Waals surface area (Å²) in [6.07, 6.45) is -0.273. The molecule has 0 unspecified atom stereocenters. The number of hydrogen-bond donors (Lipinski definition) is 1. The second-order valence-electron chi connectivity index (χ2n) is 7.18. The lowest BCUT2D eigenvalue weighted by Crippen LogP contribution is -2.52. The standard InChI is InChI=1S/C14H24N2O3/c1-13(2,3)19-12(18)16-7-9-6-15-11(17)14(4,5)10(9)8-16/h9-10H,6-8H2,1-5H3,(H,15,17)/t9-,10+/m1/s1. The van der Waals surface area contributed by atoms with Gasteiger partial charge in [0.1, 0.15) is 5.60 Å². The topological polar surface area (TPSA) is 58.6 Å². The van der Waals surface area contributed by atoms with E-state index >= 15 is 0 Å². The lowest BCUT2D eigenvalue weighted by molar-refractivity contribution is -0.136. The molecule has 2 rings (SSSR count). The molecule has 0 aromatic carbocycles. The molecule has 0 aromatic rings. The van der Waals surface area contributed by atoms with Crippen molar-refractivity contribution in [2.75, 3.05) is 19.6 Å². The van der Waals surface area contributed by atoms with Crippen molar-refractivity contribution in [3.8, 4) is 0 Å². The summed E-state index contributed by atoms with van der Waals surface area (Å²) in [4.78, 5) is 25.8. The Morgan fingerprint density at radius 1 is 1.37 bits per heavy atom. The van der Waals surface area contributed by atoms with Gasteiger partial charge in [0.2, 0.25) is 5.91 Å². The Morgan fingerprint density at radius 3 is 2.58 bits per heavy atom. The minimum atomic E-state index is -0.478. The van der Waals surface area contributed by atoms with Gasteiger partial charge in [-0.2, -0.15) is 0 Å². The molecule has 19 heavy (non-hydrogen) atoms. The van der Waals surface area contributed by atoms with Gasteiger partial charge in [-0.3, -0.25) is 4.79 Å². The number of nitrogens with zero attached hydrogens (tertiary/aromatic N) is 1. The van der Waals surface area contributed by atoms with Crippen LogP contribution >= 0.6 is 0 Å². The highest BCUT2D eigenvalue weighted by Gasteiger charge is 2.50. The van der Waals surface area contributed by atoms with Crippen LogP contribution in [-0.2, 0) is 9.53 Å². The molecule has 2 fully saturated rings. The summed E-state index contributed by atoms with van der Waals surface area (Å²) in [5.41, 5.74) is -0.895. The number of carbonyl (C=O) groups is 2. The summed E-state index contributed by atoms with van der Waals surface area (Å²) in [5.74, 6) is 0.633. The van der Waals surface area contributed by atoms with Gasteiger partial charge in [0, 0.05) is 25.0 Å². The average molecular weight is 268 g/mol. The number of fused-ring (bicyclic) bond motifs is 1. The fourth-order valence-electron chi connectivity index (χ4n) is 2.99. The molecule has 0 bridgehead atoms. The lowest BCUT2D eigenvalue weighted by Gasteiger charge is -2.38. The Kier molecular flexibility index (Phi) is 3.27. The average Bonchev–Trinajstić information content (AvgIpc) is 2.67. The lowest BCUT2D eigenvalue weighted by atomic mass is 9.70. The fraction of sp³-hybridized carbons (Fsp3) is 0.857. The number of ether oxygens (including phenoxy) is 1. The van der Waals surface area contributed by atoms with Crippen LogP contribution in [0.4, 0.5) is 4.79 Å². The molecule has 2 atom stereocenters. The van der Waals surface area contributed by atoms with Crippen LogP contribution in [-0.4, -0.2) is 42.1 Å². The van der Waals surface area contributed by atoms with Crippen molar-refractivity contribution in [3.05, 3.63) is 0 Å². The summed E-state index contributed by atoms with van der Waals surface area (Å²) in [6.45, 7) is 11.4. The van der Waals surface area contributed by atoms with Crippen LogP contribution in [0.15, 0.2) is 0 Å². The van der Waals surface area contributed by atoms with Gasteiger partial charge in [0.05, 0.1) is 0 Å². The highest BCUT2D eigenvalue weighted by Crippen LogP contribution is 2.41. The number of nitrogens with one attached hydrogen (secondary N) is 1. The second kappa shape index (κ2) is 4.39. The minimum absolute atomic E-state index is 0.0831. The molecule has 5 nitrogen and oxygen atoms in total. The molecule has 2 amide bonds. The number of piperidine rings is 1. The van der Waals surface area contributed by atoms with Crippen LogP contribution in [0.1, 0.15) is 34.6 Å². The molecular formula is C14H24N2O3. The van der Waals surface area contributed by atoms with E-state index < -0.39 is 11.0 Å². The maximum atomic E-state index is 12.1. The van der Waals surface area contributed by atoms with Crippen molar-refractivity contribution in [1.29, 1.82) is 0 Å². The molecule has 1 N–H and O–H groups in total. The minimum Gasteiger partial charge on any atom is -0.444 e. The summed E-state index contributed by atoms with van der Waals surface area (Å²) < 4.78 is 5.40. The van der Waals surface area contributed by atoms with Crippen LogP contribution in [0, 0.1) is 17.3 Å². The molecule has 0 aliphatic carbocycles. The van der Waals surface area contributed by atoms with E-state index in [0.717, 1.165) is 0 Å². The van der Waals surface area contributed by atoms with Crippen molar-refractivity contribution in [3.63, 3.8) is 0 Å².